The van der Waals surface area contributed by atoms with Gasteiger partial charge in [0.2, 0.25) is 5.91 Å². The van der Waals surface area contributed by atoms with Gasteiger partial charge in [-0.1, -0.05) is 53.7 Å². The summed E-state index contributed by atoms with van der Waals surface area (Å²) in [6.07, 6.45) is 0.268. The minimum atomic E-state index is -0.0615. The quantitative estimate of drug-likeness (QED) is 0.401. The molecule has 0 bridgehead atoms. The van der Waals surface area contributed by atoms with E-state index in [0.717, 1.165) is 38.5 Å². The molecule has 4 aromatic rings. The van der Waals surface area contributed by atoms with Crippen molar-refractivity contribution < 1.29 is 4.79 Å². The van der Waals surface area contributed by atoms with E-state index in [1.165, 1.54) is 16.9 Å². The van der Waals surface area contributed by atoms with Crippen molar-refractivity contribution in [2.45, 2.75) is 31.2 Å². The maximum Gasteiger partial charge on any atom is 0.231 e. The second-order valence-electron chi connectivity index (χ2n) is 7.29. The molecule has 4 rings (SSSR count). The van der Waals surface area contributed by atoms with Crippen LogP contribution in [0.15, 0.2) is 59.1 Å². The van der Waals surface area contributed by atoms with Crippen LogP contribution in [-0.2, 0) is 24.0 Å². The third-order valence-electron chi connectivity index (χ3n) is 4.82. The lowest BCUT2D eigenvalue weighted by molar-refractivity contribution is -0.115. The molecule has 2 heterocycles. The second kappa shape index (κ2) is 9.45. The fourth-order valence-electron chi connectivity index (χ4n) is 3.11. The van der Waals surface area contributed by atoms with Gasteiger partial charge in [-0.05, 0) is 31.5 Å². The number of aromatic nitrogens is 4. The topological polar surface area (TPSA) is 72.7 Å². The smallest absolute Gasteiger partial charge is 0.231 e. The molecular formula is C23H23N5OS2. The summed E-state index contributed by atoms with van der Waals surface area (Å²) in [6.45, 7) is 4.09. The molecule has 0 aliphatic rings. The van der Waals surface area contributed by atoms with E-state index in [4.69, 9.17) is 0 Å². The van der Waals surface area contributed by atoms with Gasteiger partial charge in [0.15, 0.2) is 11.0 Å². The Kier molecular flexibility index (Phi) is 6.48. The van der Waals surface area contributed by atoms with Crippen LogP contribution >= 0.6 is 23.1 Å². The first-order chi connectivity index (χ1) is 15.0. The Balaban J connectivity index is 1.35. The highest BCUT2D eigenvalue weighted by Crippen LogP contribution is 2.27. The molecular weight excluding hydrogens is 426 g/mol. The van der Waals surface area contributed by atoms with Crippen LogP contribution in [0.1, 0.15) is 21.8 Å². The summed E-state index contributed by atoms with van der Waals surface area (Å²) in [7, 11) is 1.98. The molecule has 0 unspecified atom stereocenters. The Labute approximate surface area is 189 Å². The van der Waals surface area contributed by atoms with Crippen LogP contribution in [0.25, 0.3) is 11.4 Å². The third-order valence-corrected chi connectivity index (χ3v) is 6.77. The molecule has 1 amide bonds. The van der Waals surface area contributed by atoms with Gasteiger partial charge in [0.1, 0.15) is 5.01 Å². The van der Waals surface area contributed by atoms with Gasteiger partial charge in [0.05, 0.1) is 12.1 Å². The molecule has 0 radical (unpaired) electrons. The van der Waals surface area contributed by atoms with Crippen molar-refractivity contribution in [3.8, 4) is 11.4 Å². The lowest BCUT2D eigenvalue weighted by atomic mass is 10.1. The van der Waals surface area contributed by atoms with Crippen LogP contribution in [0.3, 0.4) is 0 Å². The van der Waals surface area contributed by atoms with E-state index >= 15 is 0 Å². The number of thioether (sulfide) groups is 1. The number of carbonyl (C=O) groups is 1. The standard InChI is InChI=1S/C23H23N5OS2/c1-15-8-10-17(11-9-15)24-20(29)12-21-25-18(13-30-21)14-31-23-27-26-22(28(23)3)19-7-5-4-6-16(19)2/h4-11,13H,12,14H2,1-3H3,(H,24,29). The van der Waals surface area contributed by atoms with Crippen LogP contribution in [-0.4, -0.2) is 25.7 Å². The molecule has 0 aliphatic carbocycles. The molecule has 0 saturated heterocycles. The Hall–Kier alpha value is -2.97. The zero-order valence-electron chi connectivity index (χ0n) is 17.6. The monoisotopic (exact) mass is 449 g/mol. The highest BCUT2D eigenvalue weighted by atomic mass is 32.2. The number of rotatable bonds is 7. The van der Waals surface area contributed by atoms with E-state index in [1.54, 1.807) is 11.8 Å². The Bertz CT molecular complexity index is 1200. The van der Waals surface area contributed by atoms with Crippen LogP contribution in [0.5, 0.6) is 0 Å². The van der Waals surface area contributed by atoms with Gasteiger partial charge < -0.3 is 9.88 Å². The summed E-state index contributed by atoms with van der Waals surface area (Å²) >= 11 is 3.10. The summed E-state index contributed by atoms with van der Waals surface area (Å²) in [4.78, 5) is 16.9. The molecule has 0 fully saturated rings. The summed E-state index contributed by atoms with van der Waals surface area (Å²) in [5, 5.41) is 15.3. The van der Waals surface area contributed by atoms with Crippen LogP contribution in [0.2, 0.25) is 0 Å². The van der Waals surface area contributed by atoms with Crippen molar-refractivity contribution in [1.82, 2.24) is 19.7 Å². The summed E-state index contributed by atoms with van der Waals surface area (Å²) in [5.41, 5.74) is 5.15. The van der Waals surface area contributed by atoms with Gasteiger partial charge in [0, 0.05) is 29.4 Å². The normalized spacial score (nSPS) is 10.9. The molecule has 0 aliphatic heterocycles. The maximum absolute atomic E-state index is 12.3. The highest BCUT2D eigenvalue weighted by molar-refractivity contribution is 7.98. The van der Waals surface area contributed by atoms with E-state index in [-0.39, 0.29) is 12.3 Å². The summed E-state index contributed by atoms with van der Waals surface area (Å²) < 4.78 is 2.01. The van der Waals surface area contributed by atoms with Crippen molar-refractivity contribution >= 4 is 34.7 Å². The van der Waals surface area contributed by atoms with E-state index < -0.39 is 0 Å². The molecule has 6 nitrogen and oxygen atoms in total. The number of hydrogen-bond acceptors (Lipinski definition) is 6. The molecule has 1 N–H and O–H groups in total. The van der Waals surface area contributed by atoms with Crippen LogP contribution < -0.4 is 5.32 Å². The molecule has 8 heteroatoms. The minimum Gasteiger partial charge on any atom is -0.326 e. The summed E-state index contributed by atoms with van der Waals surface area (Å²) in [5.74, 6) is 1.47. The number of nitrogens with zero attached hydrogens (tertiary/aromatic N) is 4. The number of carbonyl (C=O) groups excluding carboxylic acids is 1. The third kappa shape index (κ3) is 5.21. The molecule has 158 valence electrons. The number of benzene rings is 2. The van der Waals surface area contributed by atoms with Gasteiger partial charge in [-0.25, -0.2) is 4.98 Å². The predicted octanol–water partition coefficient (Wildman–Crippen LogP) is 5.03. The van der Waals surface area contributed by atoms with Gasteiger partial charge in [-0.2, -0.15) is 0 Å². The number of hydrogen-bond donors (Lipinski definition) is 1. The lowest BCUT2D eigenvalue weighted by Crippen LogP contribution is -2.14. The molecule has 0 saturated carbocycles. The predicted molar refractivity (Wildman–Crippen MR) is 126 cm³/mol. The average molecular weight is 450 g/mol. The SMILES string of the molecule is Cc1ccc(NC(=O)Cc2nc(CSc3nnc(-c4ccccc4C)n3C)cs2)cc1. The minimum absolute atomic E-state index is 0.0615. The molecule has 0 spiro atoms. The van der Waals surface area contributed by atoms with Gasteiger partial charge in [-0.3, -0.25) is 4.79 Å². The first kappa shape index (κ1) is 21.3. The Morgan fingerprint density at radius 1 is 1.10 bits per heavy atom. The van der Waals surface area contributed by atoms with Crippen LogP contribution in [0, 0.1) is 13.8 Å². The lowest BCUT2D eigenvalue weighted by Gasteiger charge is -2.05. The number of aryl methyl sites for hydroxylation is 2. The van der Waals surface area contributed by atoms with Gasteiger partial charge in [-0.15, -0.1) is 21.5 Å². The number of amides is 1. The second-order valence-corrected chi connectivity index (χ2v) is 9.18. The number of nitrogens with one attached hydrogen (secondary N) is 1. The van der Waals surface area contributed by atoms with E-state index in [0.29, 0.717) is 5.75 Å². The van der Waals surface area contributed by atoms with Gasteiger partial charge in [0.25, 0.3) is 0 Å². The number of thiazole rings is 1. The van der Waals surface area contributed by atoms with Crippen LogP contribution in [0.4, 0.5) is 5.69 Å². The van der Waals surface area contributed by atoms with Crippen molar-refractivity contribution in [3.05, 3.63) is 75.7 Å². The largest absolute Gasteiger partial charge is 0.326 e. The fraction of sp³-hybridized carbons (Fsp3) is 0.217. The van der Waals surface area contributed by atoms with E-state index in [2.05, 4.69) is 39.6 Å². The van der Waals surface area contributed by atoms with Crippen molar-refractivity contribution in [2.75, 3.05) is 5.32 Å². The molecule has 2 aromatic heterocycles. The van der Waals surface area contributed by atoms with Crippen molar-refractivity contribution in [2.24, 2.45) is 7.05 Å². The van der Waals surface area contributed by atoms with E-state index in [9.17, 15) is 4.79 Å². The van der Waals surface area contributed by atoms with Gasteiger partial charge >= 0.3 is 0 Å². The van der Waals surface area contributed by atoms with Crippen molar-refractivity contribution in [1.29, 1.82) is 0 Å². The summed E-state index contributed by atoms with van der Waals surface area (Å²) in [6, 6.07) is 15.9. The molecule has 0 atom stereocenters. The number of anilines is 1. The zero-order valence-corrected chi connectivity index (χ0v) is 19.3. The highest BCUT2D eigenvalue weighted by Gasteiger charge is 2.14. The first-order valence-corrected chi connectivity index (χ1v) is 11.7. The molecule has 2 aromatic carbocycles. The maximum atomic E-state index is 12.3. The van der Waals surface area contributed by atoms with Crippen molar-refractivity contribution in [3.63, 3.8) is 0 Å². The van der Waals surface area contributed by atoms with E-state index in [1.807, 2.05) is 60.3 Å². The molecule has 31 heavy (non-hydrogen) atoms. The fourth-order valence-corrected chi connectivity index (χ4v) is 4.81. The zero-order chi connectivity index (χ0) is 21.8. The first-order valence-electron chi connectivity index (χ1n) is 9.87. The average Bonchev–Trinajstić information content (AvgIpc) is 3.35. The Morgan fingerprint density at radius 3 is 2.65 bits per heavy atom. The Morgan fingerprint density at radius 2 is 1.87 bits per heavy atom.